The van der Waals surface area contributed by atoms with Gasteiger partial charge in [-0.15, -0.1) is 0 Å². The van der Waals surface area contributed by atoms with E-state index in [1.165, 1.54) is 17.0 Å². The van der Waals surface area contributed by atoms with E-state index in [1.807, 2.05) is 0 Å². The number of nitrogens with zero attached hydrogens (tertiary/aromatic N) is 1. The van der Waals surface area contributed by atoms with Crippen molar-refractivity contribution in [1.82, 2.24) is 0 Å². The first-order chi connectivity index (χ1) is 8.76. The highest BCUT2D eigenvalue weighted by molar-refractivity contribution is 7.89. The molecule has 1 amide bonds. The minimum Gasteiger partial charge on any atom is -0.309 e. The minimum absolute atomic E-state index is 0.0301. The summed E-state index contributed by atoms with van der Waals surface area (Å²) in [6, 6.07) is 3.88. The van der Waals surface area contributed by atoms with Crippen LogP contribution < -0.4 is 10.0 Å². The van der Waals surface area contributed by atoms with Crippen LogP contribution in [-0.2, 0) is 14.8 Å². The first kappa shape index (κ1) is 14.2. The molecule has 1 fully saturated rings. The zero-order valence-electron chi connectivity index (χ0n) is 9.84. The first-order valence-corrected chi connectivity index (χ1v) is 7.61. The third-order valence-corrected chi connectivity index (χ3v) is 4.04. The number of anilines is 1. The van der Waals surface area contributed by atoms with Crippen molar-refractivity contribution in [2.45, 2.75) is 6.42 Å². The number of carbonyl (C=O) groups is 1. The molecule has 1 aromatic carbocycles. The van der Waals surface area contributed by atoms with Crippen LogP contribution >= 0.6 is 11.6 Å². The lowest BCUT2D eigenvalue weighted by Crippen LogP contribution is -2.28. The van der Waals surface area contributed by atoms with Gasteiger partial charge in [-0.05, 0) is 18.2 Å². The molecule has 2 N–H and O–H groups in total. The van der Waals surface area contributed by atoms with Crippen molar-refractivity contribution in [1.29, 1.82) is 0 Å². The smallest absolute Gasteiger partial charge is 0.227 e. The normalized spacial score (nSPS) is 20.1. The molecule has 0 spiro atoms. The van der Waals surface area contributed by atoms with Crippen LogP contribution in [0.3, 0.4) is 0 Å². The Bertz CT molecular complexity index is 620. The van der Waals surface area contributed by atoms with Crippen LogP contribution in [0, 0.1) is 11.7 Å². The molecule has 1 saturated heterocycles. The van der Waals surface area contributed by atoms with Gasteiger partial charge in [0.1, 0.15) is 5.82 Å². The van der Waals surface area contributed by atoms with E-state index in [4.69, 9.17) is 16.7 Å². The molecule has 0 bridgehead atoms. The van der Waals surface area contributed by atoms with Crippen molar-refractivity contribution < 1.29 is 17.6 Å². The number of carbonyl (C=O) groups excluding carboxylic acids is 1. The van der Waals surface area contributed by atoms with Crippen molar-refractivity contribution in [2.24, 2.45) is 11.1 Å². The Labute approximate surface area is 115 Å². The number of primary sulfonamides is 1. The van der Waals surface area contributed by atoms with Crippen LogP contribution in [0.1, 0.15) is 6.42 Å². The highest BCUT2D eigenvalue weighted by atomic mass is 35.5. The maximum Gasteiger partial charge on any atom is 0.227 e. The van der Waals surface area contributed by atoms with Crippen molar-refractivity contribution >= 4 is 33.2 Å². The summed E-state index contributed by atoms with van der Waals surface area (Å²) in [7, 11) is -3.65. The summed E-state index contributed by atoms with van der Waals surface area (Å²) < 4.78 is 35.7. The Kier molecular flexibility index (Phi) is 3.80. The van der Waals surface area contributed by atoms with E-state index in [-0.39, 0.29) is 30.3 Å². The molecule has 1 heterocycles. The second-order valence-corrected chi connectivity index (χ2v) is 6.60. The average Bonchev–Trinajstić information content (AvgIpc) is 2.60. The van der Waals surface area contributed by atoms with Gasteiger partial charge in [-0.2, -0.15) is 0 Å². The minimum atomic E-state index is -3.65. The molecular formula is C11H12ClFN2O3S. The fraction of sp³-hybridized carbons (Fsp3) is 0.364. The average molecular weight is 307 g/mol. The largest absolute Gasteiger partial charge is 0.309 e. The van der Waals surface area contributed by atoms with Gasteiger partial charge in [0.25, 0.3) is 0 Å². The predicted molar refractivity (Wildman–Crippen MR) is 69.8 cm³/mol. The Morgan fingerprint density at radius 2 is 2.16 bits per heavy atom. The van der Waals surface area contributed by atoms with Gasteiger partial charge in [0.2, 0.25) is 15.9 Å². The highest BCUT2D eigenvalue weighted by Gasteiger charge is 2.34. The quantitative estimate of drug-likeness (QED) is 0.908. The summed E-state index contributed by atoms with van der Waals surface area (Å²) in [5.74, 6) is -1.64. The molecule has 8 heteroatoms. The number of rotatable bonds is 3. The summed E-state index contributed by atoms with van der Waals surface area (Å²) in [5, 5.41) is 5.25. The van der Waals surface area contributed by atoms with Crippen LogP contribution in [0.4, 0.5) is 10.1 Å². The molecular weight excluding hydrogens is 295 g/mol. The maximum absolute atomic E-state index is 13.7. The Hall–Kier alpha value is -1.18. The predicted octanol–water partition coefficient (Wildman–Crippen LogP) is 1.12. The van der Waals surface area contributed by atoms with E-state index in [2.05, 4.69) is 0 Å². The van der Waals surface area contributed by atoms with Crippen LogP contribution in [-0.4, -0.2) is 26.6 Å². The van der Waals surface area contributed by atoms with Crippen LogP contribution in [0.5, 0.6) is 0 Å². The van der Waals surface area contributed by atoms with Crippen molar-refractivity contribution in [3.63, 3.8) is 0 Å². The van der Waals surface area contributed by atoms with E-state index < -0.39 is 21.8 Å². The number of benzene rings is 1. The molecule has 5 nitrogen and oxygen atoms in total. The van der Waals surface area contributed by atoms with Crippen LogP contribution in [0.15, 0.2) is 18.2 Å². The number of halogens is 2. The molecule has 2 rings (SSSR count). The number of hydrogen-bond donors (Lipinski definition) is 1. The molecule has 104 valence electrons. The number of hydrogen-bond acceptors (Lipinski definition) is 3. The monoisotopic (exact) mass is 306 g/mol. The van der Waals surface area contributed by atoms with Gasteiger partial charge >= 0.3 is 0 Å². The lowest BCUT2D eigenvalue weighted by molar-refractivity contribution is -0.117. The molecule has 0 saturated carbocycles. The molecule has 1 aromatic rings. The van der Waals surface area contributed by atoms with Crippen LogP contribution in [0.2, 0.25) is 5.02 Å². The molecule has 1 unspecified atom stereocenters. The third-order valence-electron chi connectivity index (χ3n) is 2.87. The van der Waals surface area contributed by atoms with E-state index in [9.17, 15) is 17.6 Å². The van der Waals surface area contributed by atoms with Gasteiger partial charge in [0, 0.05) is 23.9 Å². The van der Waals surface area contributed by atoms with Crippen LogP contribution in [0.25, 0.3) is 0 Å². The molecule has 1 aliphatic rings. The van der Waals surface area contributed by atoms with Crippen molar-refractivity contribution in [3.05, 3.63) is 29.0 Å². The van der Waals surface area contributed by atoms with E-state index in [1.54, 1.807) is 0 Å². The zero-order valence-corrected chi connectivity index (χ0v) is 11.4. The summed E-state index contributed by atoms with van der Waals surface area (Å²) in [6.45, 7) is 0.118. The second kappa shape index (κ2) is 5.07. The summed E-state index contributed by atoms with van der Waals surface area (Å²) in [6.07, 6.45) is 0.0301. The van der Waals surface area contributed by atoms with Gasteiger partial charge in [-0.25, -0.2) is 17.9 Å². The molecule has 0 aromatic heterocycles. The van der Waals surface area contributed by atoms with Crippen molar-refractivity contribution in [2.75, 3.05) is 17.2 Å². The number of sulfonamides is 1. The molecule has 1 atom stereocenters. The van der Waals surface area contributed by atoms with Gasteiger partial charge in [-0.3, -0.25) is 4.79 Å². The topological polar surface area (TPSA) is 80.5 Å². The molecule has 1 aliphatic heterocycles. The fourth-order valence-electron chi connectivity index (χ4n) is 2.15. The molecule has 0 radical (unpaired) electrons. The number of nitrogens with two attached hydrogens (primary N) is 1. The SMILES string of the molecule is NS(=O)(=O)CC1CC(=O)N(c2cc(Cl)ccc2F)C1. The Balaban J connectivity index is 2.23. The second-order valence-electron chi connectivity index (χ2n) is 4.50. The number of amides is 1. The zero-order chi connectivity index (χ0) is 14.2. The fourth-order valence-corrected chi connectivity index (χ4v) is 3.19. The van der Waals surface area contributed by atoms with E-state index in [0.29, 0.717) is 5.02 Å². The van der Waals surface area contributed by atoms with E-state index in [0.717, 1.165) is 6.07 Å². The Morgan fingerprint density at radius 1 is 1.47 bits per heavy atom. The van der Waals surface area contributed by atoms with Crippen molar-refractivity contribution in [3.8, 4) is 0 Å². The van der Waals surface area contributed by atoms with Gasteiger partial charge in [-0.1, -0.05) is 11.6 Å². The molecule has 0 aliphatic carbocycles. The van der Waals surface area contributed by atoms with Gasteiger partial charge in [0.05, 0.1) is 11.4 Å². The Morgan fingerprint density at radius 3 is 2.79 bits per heavy atom. The first-order valence-electron chi connectivity index (χ1n) is 5.52. The maximum atomic E-state index is 13.7. The summed E-state index contributed by atoms with van der Waals surface area (Å²) in [5.41, 5.74) is 0.0643. The van der Waals surface area contributed by atoms with Gasteiger partial charge < -0.3 is 4.90 Å². The standard InChI is InChI=1S/C11H12ClFN2O3S/c12-8-1-2-9(13)10(4-8)15-5-7(3-11(15)16)6-19(14,17)18/h1-2,4,7H,3,5-6H2,(H2,14,17,18). The molecule has 19 heavy (non-hydrogen) atoms. The lowest BCUT2D eigenvalue weighted by Gasteiger charge is -2.17. The summed E-state index contributed by atoms with van der Waals surface area (Å²) in [4.78, 5) is 13.0. The lowest BCUT2D eigenvalue weighted by atomic mass is 10.1. The van der Waals surface area contributed by atoms with E-state index >= 15 is 0 Å². The third kappa shape index (κ3) is 3.43. The highest BCUT2D eigenvalue weighted by Crippen LogP contribution is 2.29. The van der Waals surface area contributed by atoms with Gasteiger partial charge in [0.15, 0.2) is 0 Å². The summed E-state index contributed by atoms with van der Waals surface area (Å²) >= 11 is 5.77.